The molecular formula is C29H33F2NO2. The third-order valence-electron chi connectivity index (χ3n) is 9.40. The van der Waals surface area contributed by atoms with Crippen molar-refractivity contribution in [3.05, 3.63) is 52.6 Å². The van der Waals surface area contributed by atoms with Gasteiger partial charge in [0, 0.05) is 37.5 Å². The minimum Gasteiger partial charge on any atom is -0.382 e. The number of carbonyl (C=O) groups excluding carboxylic acids is 1. The Labute approximate surface area is 200 Å². The van der Waals surface area contributed by atoms with Crippen LogP contribution in [0.25, 0.3) is 0 Å². The number of fused-ring (bicyclic) bond motifs is 4. The van der Waals surface area contributed by atoms with Crippen molar-refractivity contribution in [3.8, 4) is 12.3 Å². The molecule has 0 radical (unpaired) electrons. The minimum absolute atomic E-state index is 0.0119. The van der Waals surface area contributed by atoms with Gasteiger partial charge in [0.1, 0.15) is 5.60 Å². The van der Waals surface area contributed by atoms with Crippen LogP contribution >= 0.6 is 0 Å². The average Bonchev–Trinajstić information content (AvgIpc) is 3.10. The lowest BCUT2D eigenvalue weighted by atomic mass is 9.50. The number of ketones is 1. The van der Waals surface area contributed by atoms with Crippen molar-refractivity contribution in [1.29, 1.82) is 0 Å². The minimum atomic E-state index is -3.59. The summed E-state index contributed by atoms with van der Waals surface area (Å²) < 4.78 is 30.2. The second kappa shape index (κ2) is 7.78. The second-order valence-electron chi connectivity index (χ2n) is 11.1. The monoisotopic (exact) mass is 465 g/mol. The fraction of sp³-hybridized carbons (Fsp3) is 0.552. The molecule has 0 bridgehead atoms. The van der Waals surface area contributed by atoms with Crippen LogP contribution in [0.4, 0.5) is 14.5 Å². The first-order chi connectivity index (χ1) is 16.0. The van der Waals surface area contributed by atoms with E-state index in [9.17, 15) is 9.90 Å². The zero-order valence-electron chi connectivity index (χ0n) is 20.2. The number of anilines is 1. The molecule has 4 aliphatic rings. The van der Waals surface area contributed by atoms with E-state index in [1.807, 2.05) is 25.9 Å². The summed E-state index contributed by atoms with van der Waals surface area (Å²) in [5.74, 6) is -1.82. The first kappa shape index (κ1) is 23.3. The van der Waals surface area contributed by atoms with Crippen molar-refractivity contribution in [3.63, 3.8) is 0 Å². The molecular weight excluding hydrogens is 432 g/mol. The van der Waals surface area contributed by atoms with E-state index in [1.165, 1.54) is 11.1 Å². The number of carbonyl (C=O) groups is 1. The average molecular weight is 466 g/mol. The molecule has 2 saturated carbocycles. The molecule has 0 aromatic heterocycles. The lowest BCUT2D eigenvalue weighted by molar-refractivity contribution is -0.209. The Morgan fingerprint density at radius 2 is 1.85 bits per heavy atom. The number of allylic oxidation sites excluding steroid dienone is 4. The molecule has 0 saturated heterocycles. The maximum absolute atomic E-state index is 15.1. The summed E-state index contributed by atoms with van der Waals surface area (Å²) in [5, 5.41) is 11.5. The van der Waals surface area contributed by atoms with Crippen LogP contribution in [0.15, 0.2) is 47.1 Å². The van der Waals surface area contributed by atoms with Crippen LogP contribution in [0.2, 0.25) is 0 Å². The number of rotatable bonds is 3. The second-order valence-corrected chi connectivity index (χ2v) is 11.1. The van der Waals surface area contributed by atoms with Crippen molar-refractivity contribution in [2.75, 3.05) is 19.0 Å². The summed E-state index contributed by atoms with van der Waals surface area (Å²) in [6.07, 6.45) is 10.9. The van der Waals surface area contributed by atoms with Gasteiger partial charge in [0.05, 0.1) is 0 Å². The molecule has 1 aromatic rings. The molecule has 1 aromatic carbocycles. The highest BCUT2D eigenvalue weighted by atomic mass is 19.3. The fourth-order valence-electron chi connectivity index (χ4n) is 7.60. The SMILES string of the molecule is C#CC(F)(F)[C@]1(O)CCC2C3CCC4=CC(=O)CCC4=C3[C@@H](c3ccc(N(C)C)cc3)C[C@@]21C. The lowest BCUT2D eigenvalue weighted by Crippen LogP contribution is -2.60. The molecule has 2 unspecified atom stereocenters. The standard InChI is InChI=1S/C29H33F2NO2/c1-5-29(30,31)28(34)15-14-25-23-12-8-19-16-21(33)11-13-22(19)26(23)24(17-27(25,28)2)18-6-9-20(10-7-18)32(3)4/h1,6-7,9-10,16,23-25,34H,8,11-15,17H2,2-4H3/t23?,24-,25?,27+,28+/m1/s1. The smallest absolute Gasteiger partial charge is 0.336 e. The third kappa shape index (κ3) is 3.14. The van der Waals surface area contributed by atoms with Crippen LogP contribution in [0.5, 0.6) is 0 Å². The van der Waals surface area contributed by atoms with Gasteiger partial charge in [-0.25, -0.2) is 0 Å². The van der Waals surface area contributed by atoms with Gasteiger partial charge < -0.3 is 10.0 Å². The number of halogens is 2. The van der Waals surface area contributed by atoms with Gasteiger partial charge in [-0.15, -0.1) is 6.42 Å². The Morgan fingerprint density at radius 1 is 1.15 bits per heavy atom. The maximum atomic E-state index is 15.1. The molecule has 1 N–H and O–H groups in total. The van der Waals surface area contributed by atoms with Crippen LogP contribution in [0, 0.1) is 29.6 Å². The van der Waals surface area contributed by atoms with Crippen LogP contribution < -0.4 is 4.90 Å². The van der Waals surface area contributed by atoms with Crippen molar-refractivity contribution in [1.82, 2.24) is 0 Å². The molecule has 34 heavy (non-hydrogen) atoms. The molecule has 5 heteroatoms. The molecule has 5 atom stereocenters. The number of aliphatic hydroxyl groups is 1. The zero-order chi connectivity index (χ0) is 24.5. The van der Waals surface area contributed by atoms with Crippen LogP contribution in [0.3, 0.4) is 0 Å². The third-order valence-corrected chi connectivity index (χ3v) is 9.40. The van der Waals surface area contributed by atoms with Gasteiger partial charge in [-0.05, 0) is 91.2 Å². The number of terminal acetylenes is 1. The first-order valence-electron chi connectivity index (χ1n) is 12.3. The first-order valence-corrected chi connectivity index (χ1v) is 12.3. The normalized spacial score (nSPS) is 35.1. The largest absolute Gasteiger partial charge is 0.382 e. The van der Waals surface area contributed by atoms with Crippen LogP contribution in [0.1, 0.15) is 63.4 Å². The molecule has 4 aliphatic carbocycles. The molecule has 2 fully saturated rings. The molecule has 0 aliphatic heterocycles. The van der Waals surface area contributed by atoms with Gasteiger partial charge in [0.2, 0.25) is 0 Å². The van der Waals surface area contributed by atoms with E-state index in [4.69, 9.17) is 6.42 Å². The Balaban J connectivity index is 1.68. The number of hydrogen-bond acceptors (Lipinski definition) is 3. The molecule has 3 nitrogen and oxygen atoms in total. The van der Waals surface area contributed by atoms with Crippen molar-refractivity contribution in [2.24, 2.45) is 17.3 Å². The predicted molar refractivity (Wildman–Crippen MR) is 130 cm³/mol. The predicted octanol–water partition coefficient (Wildman–Crippen LogP) is 5.65. The van der Waals surface area contributed by atoms with Crippen molar-refractivity contribution in [2.45, 2.75) is 69.3 Å². The fourth-order valence-corrected chi connectivity index (χ4v) is 7.60. The zero-order valence-corrected chi connectivity index (χ0v) is 20.2. The number of alkyl halides is 2. The van der Waals surface area contributed by atoms with Gasteiger partial charge in [-0.1, -0.05) is 24.6 Å². The van der Waals surface area contributed by atoms with E-state index in [1.54, 1.807) is 12.0 Å². The maximum Gasteiger partial charge on any atom is 0.336 e. The van der Waals surface area contributed by atoms with Crippen molar-refractivity contribution >= 4 is 11.5 Å². The topological polar surface area (TPSA) is 40.5 Å². The molecule has 5 rings (SSSR count). The van der Waals surface area contributed by atoms with E-state index in [2.05, 4.69) is 24.3 Å². The Hall–Kier alpha value is -2.45. The number of nitrogens with zero attached hydrogens (tertiary/aromatic N) is 1. The van der Waals surface area contributed by atoms with Gasteiger partial charge in [0.25, 0.3) is 0 Å². The summed E-state index contributed by atoms with van der Waals surface area (Å²) in [6.45, 7) is 1.84. The Bertz CT molecular complexity index is 1130. The molecule has 0 heterocycles. The van der Waals surface area contributed by atoms with Gasteiger partial charge in [0.15, 0.2) is 5.78 Å². The van der Waals surface area contributed by atoms with Gasteiger partial charge in [-0.3, -0.25) is 4.79 Å². The summed E-state index contributed by atoms with van der Waals surface area (Å²) in [6, 6.07) is 8.30. The highest BCUT2D eigenvalue weighted by Gasteiger charge is 2.71. The highest BCUT2D eigenvalue weighted by Crippen LogP contribution is 2.69. The Morgan fingerprint density at radius 3 is 2.50 bits per heavy atom. The van der Waals surface area contributed by atoms with Crippen LogP contribution in [-0.2, 0) is 4.79 Å². The molecule has 0 spiro atoms. The molecule has 180 valence electrons. The van der Waals surface area contributed by atoms with Crippen LogP contribution in [-0.4, -0.2) is 36.5 Å². The van der Waals surface area contributed by atoms with E-state index >= 15 is 8.78 Å². The highest BCUT2D eigenvalue weighted by molar-refractivity contribution is 5.93. The number of hydrogen-bond donors (Lipinski definition) is 1. The summed E-state index contributed by atoms with van der Waals surface area (Å²) >= 11 is 0. The van der Waals surface area contributed by atoms with E-state index in [-0.39, 0.29) is 30.0 Å². The lowest BCUT2D eigenvalue weighted by Gasteiger charge is -2.55. The Kier molecular flexibility index (Phi) is 5.33. The quantitative estimate of drug-likeness (QED) is 0.587. The summed E-state index contributed by atoms with van der Waals surface area (Å²) in [4.78, 5) is 14.2. The molecule has 0 amide bonds. The number of benzene rings is 1. The summed E-state index contributed by atoms with van der Waals surface area (Å²) in [5.41, 5.74) is 2.63. The van der Waals surface area contributed by atoms with Gasteiger partial charge >= 0.3 is 5.92 Å². The summed E-state index contributed by atoms with van der Waals surface area (Å²) in [7, 11) is 3.97. The van der Waals surface area contributed by atoms with E-state index in [0.29, 0.717) is 19.3 Å². The van der Waals surface area contributed by atoms with Crippen molar-refractivity contribution < 1.29 is 18.7 Å². The van der Waals surface area contributed by atoms with E-state index in [0.717, 1.165) is 36.1 Å². The van der Waals surface area contributed by atoms with Gasteiger partial charge in [-0.2, -0.15) is 8.78 Å². The van der Waals surface area contributed by atoms with E-state index < -0.39 is 16.9 Å².